The summed E-state index contributed by atoms with van der Waals surface area (Å²) in [6.07, 6.45) is 0.753. The molecule has 5 nitrogen and oxygen atoms in total. The average Bonchev–Trinajstić information content (AvgIpc) is 2.57. The zero-order valence-electron chi connectivity index (χ0n) is 12.8. The van der Waals surface area contributed by atoms with Gasteiger partial charge in [0.2, 0.25) is 0 Å². The second-order valence-electron chi connectivity index (χ2n) is 5.35. The molecule has 3 rings (SSSR count). The lowest BCUT2D eigenvalue weighted by atomic mass is 10.1. The van der Waals surface area contributed by atoms with Gasteiger partial charge in [-0.2, -0.15) is 0 Å². The molecule has 2 aromatic carbocycles. The molecule has 5 heteroatoms. The van der Waals surface area contributed by atoms with Crippen LogP contribution in [0.5, 0.6) is 11.5 Å². The highest BCUT2D eigenvalue weighted by atomic mass is 16.5. The van der Waals surface area contributed by atoms with Crippen LogP contribution in [0.15, 0.2) is 42.5 Å². The minimum atomic E-state index is -0.0708. The van der Waals surface area contributed by atoms with Gasteiger partial charge >= 0.3 is 0 Å². The zero-order valence-corrected chi connectivity index (χ0v) is 12.8. The van der Waals surface area contributed by atoms with E-state index in [2.05, 4.69) is 0 Å². The summed E-state index contributed by atoms with van der Waals surface area (Å²) in [6.45, 7) is 2.84. The highest BCUT2D eigenvalue weighted by Crippen LogP contribution is 2.26. The molecule has 0 saturated heterocycles. The number of nitrogens with zero attached hydrogens (tertiary/aromatic N) is 1. The van der Waals surface area contributed by atoms with Crippen LogP contribution in [0.25, 0.3) is 0 Å². The van der Waals surface area contributed by atoms with Crippen molar-refractivity contribution in [3.63, 3.8) is 0 Å². The van der Waals surface area contributed by atoms with Gasteiger partial charge in [0.05, 0.1) is 17.7 Å². The van der Waals surface area contributed by atoms with E-state index in [1.165, 1.54) is 0 Å². The number of aldehydes is 1. The Balaban J connectivity index is 1.62. The summed E-state index contributed by atoms with van der Waals surface area (Å²) >= 11 is 0. The van der Waals surface area contributed by atoms with Crippen LogP contribution >= 0.6 is 0 Å². The van der Waals surface area contributed by atoms with Crippen molar-refractivity contribution in [1.29, 1.82) is 0 Å². The number of rotatable bonds is 5. The fourth-order valence-electron chi connectivity index (χ4n) is 2.44. The maximum Gasteiger partial charge on any atom is 0.260 e. The summed E-state index contributed by atoms with van der Waals surface area (Å²) in [7, 11) is 0. The summed E-state index contributed by atoms with van der Waals surface area (Å²) < 4.78 is 11.2. The van der Waals surface area contributed by atoms with Crippen LogP contribution in [0.4, 0.5) is 0 Å². The first-order valence-electron chi connectivity index (χ1n) is 7.39. The molecule has 0 spiro atoms. The van der Waals surface area contributed by atoms with Crippen molar-refractivity contribution >= 4 is 12.2 Å². The standard InChI is InChI=1S/C18H17NO4/c1-13-6-7-15-17(10-13)23-12-19(18(15)21)8-9-22-16-5-3-2-4-14(16)11-20/h2-7,10-11H,8-9,12H2,1H3. The van der Waals surface area contributed by atoms with Crippen LogP contribution in [-0.2, 0) is 0 Å². The molecule has 1 amide bonds. The Morgan fingerprint density at radius 2 is 2.09 bits per heavy atom. The second kappa shape index (κ2) is 6.52. The van der Waals surface area contributed by atoms with Gasteiger partial charge in [0.15, 0.2) is 13.0 Å². The van der Waals surface area contributed by atoms with E-state index in [0.29, 0.717) is 35.8 Å². The number of fused-ring (bicyclic) bond motifs is 1. The quantitative estimate of drug-likeness (QED) is 0.797. The summed E-state index contributed by atoms with van der Waals surface area (Å²) in [5.74, 6) is 1.07. The Morgan fingerprint density at radius 1 is 1.26 bits per heavy atom. The Bertz CT molecular complexity index is 742. The Morgan fingerprint density at radius 3 is 2.91 bits per heavy atom. The van der Waals surface area contributed by atoms with E-state index < -0.39 is 0 Å². The van der Waals surface area contributed by atoms with Crippen LogP contribution in [0.2, 0.25) is 0 Å². The van der Waals surface area contributed by atoms with Gasteiger partial charge in [-0.15, -0.1) is 0 Å². The maximum absolute atomic E-state index is 12.4. The molecule has 0 unspecified atom stereocenters. The van der Waals surface area contributed by atoms with Gasteiger partial charge in [0, 0.05) is 0 Å². The third-order valence-corrected chi connectivity index (χ3v) is 3.70. The lowest BCUT2D eigenvalue weighted by Crippen LogP contribution is -2.41. The monoisotopic (exact) mass is 311 g/mol. The van der Waals surface area contributed by atoms with E-state index >= 15 is 0 Å². The number of carbonyl (C=O) groups is 2. The van der Waals surface area contributed by atoms with Crippen LogP contribution in [0, 0.1) is 6.92 Å². The molecule has 23 heavy (non-hydrogen) atoms. The van der Waals surface area contributed by atoms with Crippen molar-refractivity contribution in [2.24, 2.45) is 0 Å². The topological polar surface area (TPSA) is 55.8 Å². The number of benzene rings is 2. The summed E-state index contributed by atoms with van der Waals surface area (Å²) in [5, 5.41) is 0. The molecule has 0 atom stereocenters. The molecule has 0 bridgehead atoms. The third kappa shape index (κ3) is 3.18. The van der Waals surface area contributed by atoms with Gasteiger partial charge in [-0.25, -0.2) is 0 Å². The van der Waals surface area contributed by atoms with Crippen molar-refractivity contribution in [3.05, 3.63) is 59.2 Å². The van der Waals surface area contributed by atoms with E-state index in [1.807, 2.05) is 19.1 Å². The maximum atomic E-state index is 12.4. The molecule has 2 aromatic rings. The SMILES string of the molecule is Cc1ccc2c(c1)OCN(CCOc1ccccc1C=O)C2=O. The molecule has 1 aliphatic rings. The summed E-state index contributed by atoms with van der Waals surface area (Å²) in [5.41, 5.74) is 2.11. The number of hydrogen-bond donors (Lipinski definition) is 0. The van der Waals surface area contributed by atoms with Gasteiger partial charge < -0.3 is 14.4 Å². The van der Waals surface area contributed by atoms with Crippen molar-refractivity contribution < 1.29 is 19.1 Å². The van der Waals surface area contributed by atoms with Crippen molar-refractivity contribution in [3.8, 4) is 11.5 Å². The number of ether oxygens (including phenoxy) is 2. The molecule has 1 heterocycles. The number of para-hydroxylation sites is 1. The van der Waals surface area contributed by atoms with Crippen LogP contribution < -0.4 is 9.47 Å². The molecule has 0 N–H and O–H groups in total. The Labute approximate surface area is 134 Å². The smallest absolute Gasteiger partial charge is 0.260 e. The fraction of sp³-hybridized carbons (Fsp3) is 0.222. The van der Waals surface area contributed by atoms with Gasteiger partial charge in [-0.3, -0.25) is 9.59 Å². The predicted molar refractivity (Wildman–Crippen MR) is 85.0 cm³/mol. The predicted octanol–water partition coefficient (Wildman–Crippen LogP) is 2.68. The second-order valence-corrected chi connectivity index (χ2v) is 5.35. The first kappa shape index (κ1) is 15.1. The third-order valence-electron chi connectivity index (χ3n) is 3.70. The normalized spacial score (nSPS) is 13.3. The van der Waals surface area contributed by atoms with Crippen molar-refractivity contribution in [2.75, 3.05) is 19.9 Å². The highest BCUT2D eigenvalue weighted by Gasteiger charge is 2.25. The summed E-state index contributed by atoms with van der Waals surface area (Å²) in [6, 6.07) is 12.5. The Kier molecular flexibility index (Phi) is 4.28. The van der Waals surface area contributed by atoms with Gasteiger partial charge in [-0.05, 0) is 36.8 Å². The van der Waals surface area contributed by atoms with Crippen molar-refractivity contribution in [1.82, 2.24) is 4.90 Å². The number of carbonyl (C=O) groups excluding carboxylic acids is 2. The molecular weight excluding hydrogens is 294 g/mol. The summed E-state index contributed by atoms with van der Waals surface area (Å²) in [4.78, 5) is 25.0. The van der Waals surface area contributed by atoms with Gasteiger partial charge in [-0.1, -0.05) is 18.2 Å². The average molecular weight is 311 g/mol. The van der Waals surface area contributed by atoms with Crippen molar-refractivity contribution in [2.45, 2.75) is 6.92 Å². The van der Waals surface area contributed by atoms with E-state index in [1.54, 1.807) is 35.2 Å². The van der Waals surface area contributed by atoms with E-state index in [9.17, 15) is 9.59 Å². The molecule has 0 fully saturated rings. The lowest BCUT2D eigenvalue weighted by molar-refractivity contribution is 0.0481. The number of hydrogen-bond acceptors (Lipinski definition) is 4. The minimum absolute atomic E-state index is 0.0708. The first-order chi connectivity index (χ1) is 11.2. The highest BCUT2D eigenvalue weighted by molar-refractivity contribution is 5.97. The first-order valence-corrected chi connectivity index (χ1v) is 7.39. The van der Waals surface area contributed by atoms with Gasteiger partial charge in [0.25, 0.3) is 5.91 Å². The van der Waals surface area contributed by atoms with Gasteiger partial charge in [0.1, 0.15) is 18.1 Å². The molecule has 0 aliphatic carbocycles. The molecule has 118 valence electrons. The molecular formula is C18H17NO4. The number of aryl methyl sites for hydroxylation is 1. The molecule has 1 aliphatic heterocycles. The van der Waals surface area contributed by atoms with Crippen LogP contribution in [0.3, 0.4) is 0 Å². The minimum Gasteiger partial charge on any atom is -0.491 e. The molecule has 0 aromatic heterocycles. The van der Waals surface area contributed by atoms with E-state index in [4.69, 9.17) is 9.47 Å². The number of amides is 1. The lowest BCUT2D eigenvalue weighted by Gasteiger charge is -2.28. The zero-order chi connectivity index (χ0) is 16.2. The van der Waals surface area contributed by atoms with Crippen LogP contribution in [0.1, 0.15) is 26.3 Å². The fourth-order valence-corrected chi connectivity index (χ4v) is 2.44. The molecule has 0 saturated carbocycles. The van der Waals surface area contributed by atoms with E-state index in [-0.39, 0.29) is 12.6 Å². The Hall–Kier alpha value is -2.82. The van der Waals surface area contributed by atoms with E-state index in [0.717, 1.165) is 11.8 Å². The molecule has 0 radical (unpaired) electrons. The largest absolute Gasteiger partial charge is 0.491 e. The van der Waals surface area contributed by atoms with Crippen LogP contribution in [-0.4, -0.2) is 37.0 Å².